The van der Waals surface area contributed by atoms with E-state index >= 15 is 0 Å². The van der Waals surface area contributed by atoms with Crippen LogP contribution in [0.3, 0.4) is 0 Å². The van der Waals surface area contributed by atoms with Crippen LogP contribution in [0.4, 0.5) is 5.69 Å². The van der Waals surface area contributed by atoms with Crippen molar-refractivity contribution in [3.63, 3.8) is 0 Å². The molecule has 3 heteroatoms. The highest BCUT2D eigenvalue weighted by molar-refractivity contribution is 14.1. The Kier molecular flexibility index (Phi) is 2.96. The largest absolute Gasteiger partial charge is 0.303 e. The maximum Gasteiger partial charge on any atom is 0.259 e. The molecule has 1 heterocycles. The monoisotopic (exact) mass is 385 g/mol. The van der Waals surface area contributed by atoms with Gasteiger partial charge in [-0.1, -0.05) is 36.4 Å². The van der Waals surface area contributed by atoms with Crippen LogP contribution in [-0.2, 0) is 6.54 Å². The van der Waals surface area contributed by atoms with Crippen LogP contribution in [0.25, 0.3) is 10.8 Å². The fourth-order valence-electron chi connectivity index (χ4n) is 2.91. The third-order valence-corrected chi connectivity index (χ3v) is 4.62. The number of halogens is 1. The van der Waals surface area contributed by atoms with E-state index in [4.69, 9.17) is 0 Å². The summed E-state index contributed by atoms with van der Waals surface area (Å²) < 4.78 is 1.20. The third-order valence-electron chi connectivity index (χ3n) is 3.90. The number of rotatable bonds is 2. The van der Waals surface area contributed by atoms with Crippen LogP contribution in [0.15, 0.2) is 60.7 Å². The molecule has 1 amide bonds. The summed E-state index contributed by atoms with van der Waals surface area (Å²) >= 11 is 2.29. The summed E-state index contributed by atoms with van der Waals surface area (Å²) in [6.07, 6.45) is 0. The van der Waals surface area contributed by atoms with E-state index in [2.05, 4.69) is 59.0 Å². The standard InChI is InChI=1S/C18H12INO/c19-14-9-7-12(8-10-14)11-20-16-6-2-4-13-3-1-5-15(17(13)16)18(20)21/h1-10H,11H2. The van der Waals surface area contributed by atoms with Crippen molar-refractivity contribution < 1.29 is 4.79 Å². The number of anilines is 1. The molecule has 3 aromatic rings. The molecule has 0 saturated carbocycles. The lowest BCUT2D eigenvalue weighted by Crippen LogP contribution is -2.25. The molecule has 3 aromatic carbocycles. The summed E-state index contributed by atoms with van der Waals surface area (Å²) in [4.78, 5) is 14.5. The van der Waals surface area contributed by atoms with Gasteiger partial charge in [-0.2, -0.15) is 0 Å². The van der Waals surface area contributed by atoms with E-state index < -0.39 is 0 Å². The lowest BCUT2D eigenvalue weighted by molar-refractivity contribution is 0.0991. The predicted molar refractivity (Wildman–Crippen MR) is 93.6 cm³/mol. The van der Waals surface area contributed by atoms with Crippen LogP contribution in [0.1, 0.15) is 15.9 Å². The topological polar surface area (TPSA) is 20.3 Å². The fourth-order valence-corrected chi connectivity index (χ4v) is 3.27. The summed E-state index contributed by atoms with van der Waals surface area (Å²) in [6, 6.07) is 20.3. The Morgan fingerprint density at radius 1 is 0.905 bits per heavy atom. The Hall–Kier alpha value is -1.88. The Bertz CT molecular complexity index is 849. The van der Waals surface area contributed by atoms with Gasteiger partial charge in [0, 0.05) is 14.5 Å². The van der Waals surface area contributed by atoms with Crippen LogP contribution in [-0.4, -0.2) is 5.91 Å². The highest BCUT2D eigenvalue weighted by Crippen LogP contribution is 2.37. The van der Waals surface area contributed by atoms with Crippen molar-refractivity contribution in [2.75, 3.05) is 4.90 Å². The first-order chi connectivity index (χ1) is 10.2. The molecular formula is C18H12INO. The zero-order valence-corrected chi connectivity index (χ0v) is 13.4. The average Bonchev–Trinajstić information content (AvgIpc) is 2.78. The van der Waals surface area contributed by atoms with E-state index in [9.17, 15) is 4.79 Å². The van der Waals surface area contributed by atoms with Crippen LogP contribution in [0.5, 0.6) is 0 Å². The zero-order valence-electron chi connectivity index (χ0n) is 11.2. The summed E-state index contributed by atoms with van der Waals surface area (Å²) in [7, 11) is 0. The zero-order chi connectivity index (χ0) is 14.4. The van der Waals surface area contributed by atoms with Gasteiger partial charge in [0.05, 0.1) is 12.2 Å². The van der Waals surface area contributed by atoms with E-state index in [-0.39, 0.29) is 5.91 Å². The molecule has 0 fully saturated rings. The lowest BCUT2D eigenvalue weighted by Gasteiger charge is -2.17. The number of benzene rings is 3. The minimum absolute atomic E-state index is 0.0975. The van der Waals surface area contributed by atoms with Crippen LogP contribution in [0, 0.1) is 3.57 Å². The van der Waals surface area contributed by atoms with Gasteiger partial charge in [0.15, 0.2) is 0 Å². The SMILES string of the molecule is O=C1c2cccc3cccc(c23)N1Cc1ccc(I)cc1. The van der Waals surface area contributed by atoms with E-state index in [1.807, 2.05) is 29.2 Å². The molecule has 21 heavy (non-hydrogen) atoms. The molecule has 0 saturated heterocycles. The van der Waals surface area contributed by atoms with Crippen molar-refractivity contribution in [3.8, 4) is 0 Å². The highest BCUT2D eigenvalue weighted by Gasteiger charge is 2.29. The van der Waals surface area contributed by atoms with Gasteiger partial charge in [0.25, 0.3) is 5.91 Å². The minimum atomic E-state index is 0.0975. The Balaban J connectivity index is 1.80. The molecule has 0 bridgehead atoms. The molecule has 1 aliphatic rings. The minimum Gasteiger partial charge on any atom is -0.303 e. The number of amides is 1. The van der Waals surface area contributed by atoms with E-state index in [1.165, 1.54) is 3.57 Å². The van der Waals surface area contributed by atoms with E-state index in [0.29, 0.717) is 6.54 Å². The number of hydrogen-bond acceptors (Lipinski definition) is 1. The molecule has 4 rings (SSSR count). The van der Waals surface area contributed by atoms with Crippen molar-refractivity contribution in [3.05, 3.63) is 75.4 Å². The maximum atomic E-state index is 12.7. The van der Waals surface area contributed by atoms with Crippen molar-refractivity contribution in [2.45, 2.75) is 6.54 Å². The van der Waals surface area contributed by atoms with Crippen LogP contribution >= 0.6 is 22.6 Å². The van der Waals surface area contributed by atoms with Gasteiger partial charge in [-0.15, -0.1) is 0 Å². The van der Waals surface area contributed by atoms with Crippen molar-refractivity contribution in [2.24, 2.45) is 0 Å². The van der Waals surface area contributed by atoms with Gasteiger partial charge in [-0.25, -0.2) is 0 Å². The molecule has 0 aliphatic carbocycles. The molecule has 0 aromatic heterocycles. The molecule has 0 unspecified atom stereocenters. The number of hydrogen-bond donors (Lipinski definition) is 0. The van der Waals surface area contributed by atoms with Gasteiger partial charge >= 0.3 is 0 Å². The summed E-state index contributed by atoms with van der Waals surface area (Å²) in [5.74, 6) is 0.0975. The Labute approximate surface area is 136 Å². The molecule has 0 N–H and O–H groups in total. The van der Waals surface area contributed by atoms with Crippen molar-refractivity contribution in [1.82, 2.24) is 0 Å². The highest BCUT2D eigenvalue weighted by atomic mass is 127. The van der Waals surface area contributed by atoms with Gasteiger partial charge < -0.3 is 4.90 Å². The first kappa shape index (κ1) is 12.8. The number of nitrogens with zero attached hydrogens (tertiary/aromatic N) is 1. The van der Waals surface area contributed by atoms with Crippen molar-refractivity contribution >= 4 is 45.0 Å². The van der Waals surface area contributed by atoms with Gasteiger partial charge in [-0.3, -0.25) is 4.79 Å². The average molecular weight is 385 g/mol. The van der Waals surface area contributed by atoms with E-state index in [0.717, 1.165) is 27.6 Å². The smallest absolute Gasteiger partial charge is 0.259 e. The molecular weight excluding hydrogens is 373 g/mol. The molecule has 0 radical (unpaired) electrons. The second-order valence-corrected chi connectivity index (χ2v) is 6.44. The second-order valence-electron chi connectivity index (χ2n) is 5.20. The van der Waals surface area contributed by atoms with E-state index in [1.54, 1.807) is 0 Å². The Morgan fingerprint density at radius 2 is 1.62 bits per heavy atom. The summed E-state index contributed by atoms with van der Waals surface area (Å²) in [5.41, 5.74) is 2.98. The molecule has 102 valence electrons. The summed E-state index contributed by atoms with van der Waals surface area (Å²) in [5, 5.41) is 2.21. The lowest BCUT2D eigenvalue weighted by atomic mass is 10.1. The first-order valence-corrected chi connectivity index (χ1v) is 7.90. The van der Waals surface area contributed by atoms with Gasteiger partial charge in [0.1, 0.15) is 0 Å². The molecule has 0 spiro atoms. The van der Waals surface area contributed by atoms with Crippen LogP contribution in [0.2, 0.25) is 0 Å². The number of carbonyl (C=O) groups is 1. The normalized spacial score (nSPS) is 13.2. The maximum absolute atomic E-state index is 12.7. The quantitative estimate of drug-likeness (QED) is 0.591. The predicted octanol–water partition coefficient (Wildman–Crippen LogP) is 4.60. The van der Waals surface area contributed by atoms with Crippen LogP contribution < -0.4 is 4.90 Å². The summed E-state index contributed by atoms with van der Waals surface area (Å²) in [6.45, 7) is 0.615. The van der Waals surface area contributed by atoms with Gasteiger partial charge in [-0.05, 0) is 57.8 Å². The fraction of sp³-hybridized carbons (Fsp3) is 0.0556. The first-order valence-electron chi connectivity index (χ1n) is 6.82. The third kappa shape index (κ3) is 2.03. The Morgan fingerprint density at radius 3 is 2.38 bits per heavy atom. The molecule has 1 aliphatic heterocycles. The molecule has 0 atom stereocenters. The molecule has 2 nitrogen and oxygen atoms in total. The van der Waals surface area contributed by atoms with Gasteiger partial charge in [0.2, 0.25) is 0 Å². The number of carbonyl (C=O) groups excluding carboxylic acids is 1. The van der Waals surface area contributed by atoms with Crippen molar-refractivity contribution in [1.29, 1.82) is 0 Å². The second kappa shape index (κ2) is 4.84.